The normalized spacial score (nSPS) is 20.3. The molecule has 0 unspecified atom stereocenters. The predicted octanol–water partition coefficient (Wildman–Crippen LogP) is 4.35. The molecule has 0 aliphatic carbocycles. The van der Waals surface area contributed by atoms with E-state index < -0.39 is 17.6 Å². The molecule has 0 fully saturated rings. The molecular weight excluding hydrogens is 376 g/mol. The molecule has 1 N–H and O–H groups in total. The van der Waals surface area contributed by atoms with Crippen LogP contribution in [0.2, 0.25) is 0 Å². The lowest BCUT2D eigenvalue weighted by Gasteiger charge is -2.36. The molecule has 1 aliphatic rings. The zero-order chi connectivity index (χ0) is 21.1. The number of aryl methyl sites for hydroxylation is 1. The van der Waals surface area contributed by atoms with E-state index >= 15 is 0 Å². The quantitative estimate of drug-likeness (QED) is 0.647. The van der Waals surface area contributed by atoms with Crippen molar-refractivity contribution in [2.24, 2.45) is 4.99 Å². The second-order valence-electron chi connectivity index (χ2n) is 7.49. The van der Waals surface area contributed by atoms with Crippen LogP contribution in [0.5, 0.6) is 5.75 Å². The van der Waals surface area contributed by atoms with Crippen molar-refractivity contribution in [3.63, 3.8) is 0 Å². The molecule has 5 nitrogen and oxygen atoms in total. The maximum absolute atomic E-state index is 13.3. The van der Waals surface area contributed by atoms with Crippen molar-refractivity contribution in [3.05, 3.63) is 101 Å². The molecule has 1 heterocycles. The minimum Gasteiger partial charge on any atom is -0.508 e. The van der Waals surface area contributed by atoms with Crippen molar-refractivity contribution < 1.29 is 14.6 Å². The Morgan fingerprint density at radius 2 is 1.73 bits per heavy atom. The standard InChI is InChI=1S/C25H24N2O3/c1-18-13-14-21(22(28)15-18)23-25(24(29)30-2,20-11-7-4-8-12-20)26-17-27(23)16-19-9-5-3-6-10-19/h3-15,17,23,28H,16H2,1-2H3/t23-,25+/m0/s1. The number of phenolic OH excluding ortho intramolecular Hbond substituents is 1. The van der Waals surface area contributed by atoms with E-state index in [1.54, 1.807) is 12.4 Å². The van der Waals surface area contributed by atoms with E-state index in [1.165, 1.54) is 7.11 Å². The summed E-state index contributed by atoms with van der Waals surface area (Å²) in [5.41, 5.74) is 2.04. The van der Waals surface area contributed by atoms with Gasteiger partial charge in [0.15, 0.2) is 0 Å². The summed E-state index contributed by atoms with van der Waals surface area (Å²) >= 11 is 0. The lowest BCUT2D eigenvalue weighted by atomic mass is 9.79. The highest BCUT2D eigenvalue weighted by Crippen LogP contribution is 2.49. The van der Waals surface area contributed by atoms with Gasteiger partial charge in [-0.15, -0.1) is 0 Å². The summed E-state index contributed by atoms with van der Waals surface area (Å²) in [6, 6.07) is 24.3. The molecule has 1 aliphatic heterocycles. The Morgan fingerprint density at radius 3 is 2.37 bits per heavy atom. The van der Waals surface area contributed by atoms with Crippen LogP contribution in [-0.2, 0) is 21.6 Å². The van der Waals surface area contributed by atoms with E-state index in [9.17, 15) is 9.90 Å². The fourth-order valence-corrected chi connectivity index (χ4v) is 4.12. The summed E-state index contributed by atoms with van der Waals surface area (Å²) in [7, 11) is 1.37. The van der Waals surface area contributed by atoms with Crippen molar-refractivity contribution in [2.45, 2.75) is 25.0 Å². The molecule has 0 bridgehead atoms. The van der Waals surface area contributed by atoms with Gasteiger partial charge in [0.25, 0.3) is 0 Å². The van der Waals surface area contributed by atoms with Crippen molar-refractivity contribution in [3.8, 4) is 5.75 Å². The fraction of sp³-hybridized carbons (Fsp3) is 0.200. The molecular formula is C25H24N2O3. The van der Waals surface area contributed by atoms with Crippen LogP contribution in [0, 0.1) is 6.92 Å². The molecule has 5 heteroatoms. The second kappa shape index (κ2) is 8.03. The highest BCUT2D eigenvalue weighted by atomic mass is 16.5. The van der Waals surface area contributed by atoms with Crippen LogP contribution >= 0.6 is 0 Å². The maximum atomic E-state index is 13.3. The number of nitrogens with zero attached hydrogens (tertiary/aromatic N) is 2. The average molecular weight is 400 g/mol. The molecule has 0 amide bonds. The summed E-state index contributed by atoms with van der Waals surface area (Å²) in [6.45, 7) is 2.45. The molecule has 3 aromatic rings. The number of carbonyl (C=O) groups excluding carboxylic acids is 1. The number of methoxy groups -OCH3 is 1. The Bertz CT molecular complexity index is 1070. The topological polar surface area (TPSA) is 62.1 Å². The van der Waals surface area contributed by atoms with Crippen molar-refractivity contribution in [2.75, 3.05) is 7.11 Å². The SMILES string of the molecule is COC(=O)[C@]1(c2ccccc2)N=CN(Cc2ccccc2)[C@H]1c1ccc(C)cc1O. The fourth-order valence-electron chi connectivity index (χ4n) is 4.12. The Hall–Kier alpha value is -3.60. The zero-order valence-corrected chi connectivity index (χ0v) is 17.0. The number of phenols is 1. The van der Waals surface area contributed by atoms with Crippen LogP contribution in [-0.4, -0.2) is 29.4 Å². The first kappa shape index (κ1) is 19.7. The van der Waals surface area contributed by atoms with Crippen LogP contribution in [0.1, 0.15) is 28.3 Å². The van der Waals surface area contributed by atoms with Gasteiger partial charge in [-0.25, -0.2) is 9.79 Å². The summed E-state index contributed by atoms with van der Waals surface area (Å²) in [6.07, 6.45) is 1.70. The van der Waals surface area contributed by atoms with Gasteiger partial charge in [-0.2, -0.15) is 0 Å². The van der Waals surface area contributed by atoms with Gasteiger partial charge in [-0.3, -0.25) is 0 Å². The second-order valence-corrected chi connectivity index (χ2v) is 7.49. The molecule has 0 radical (unpaired) electrons. The lowest BCUT2D eigenvalue weighted by molar-refractivity contribution is -0.149. The molecule has 30 heavy (non-hydrogen) atoms. The lowest BCUT2D eigenvalue weighted by Crippen LogP contribution is -2.43. The minimum absolute atomic E-state index is 0.132. The maximum Gasteiger partial charge on any atom is 0.341 e. The van der Waals surface area contributed by atoms with E-state index in [2.05, 4.69) is 0 Å². The number of rotatable bonds is 5. The number of hydrogen-bond donors (Lipinski definition) is 1. The number of esters is 1. The summed E-state index contributed by atoms with van der Waals surface area (Å²) in [5.74, 6) is -0.335. The molecule has 4 rings (SSSR count). The molecule has 0 aromatic heterocycles. The molecule has 152 valence electrons. The predicted molar refractivity (Wildman–Crippen MR) is 116 cm³/mol. The number of ether oxygens (including phenoxy) is 1. The van der Waals surface area contributed by atoms with Gasteiger partial charge in [0.1, 0.15) is 5.75 Å². The smallest absolute Gasteiger partial charge is 0.341 e. The number of aliphatic imine (C=N–C) groups is 1. The Labute approximate surface area is 176 Å². The Balaban J connectivity index is 1.90. The first-order valence-corrected chi connectivity index (χ1v) is 9.84. The van der Waals surface area contributed by atoms with Gasteiger partial charge in [-0.05, 0) is 29.7 Å². The van der Waals surface area contributed by atoms with Crippen LogP contribution in [0.3, 0.4) is 0 Å². The largest absolute Gasteiger partial charge is 0.508 e. The van der Waals surface area contributed by atoms with Gasteiger partial charge in [-0.1, -0.05) is 72.8 Å². The first-order valence-electron chi connectivity index (χ1n) is 9.84. The average Bonchev–Trinajstić information content (AvgIpc) is 3.14. The van der Waals surface area contributed by atoms with E-state index in [4.69, 9.17) is 9.73 Å². The van der Waals surface area contributed by atoms with Gasteiger partial charge < -0.3 is 14.7 Å². The van der Waals surface area contributed by atoms with E-state index in [1.807, 2.05) is 84.6 Å². The van der Waals surface area contributed by atoms with Crippen LogP contribution < -0.4 is 0 Å². The molecule has 2 atom stereocenters. The highest BCUT2D eigenvalue weighted by molar-refractivity contribution is 5.88. The molecule has 3 aromatic carbocycles. The summed E-state index contributed by atoms with van der Waals surface area (Å²) < 4.78 is 5.24. The Kier molecular flexibility index (Phi) is 5.27. The monoisotopic (exact) mass is 400 g/mol. The van der Waals surface area contributed by atoms with Crippen molar-refractivity contribution >= 4 is 12.3 Å². The van der Waals surface area contributed by atoms with E-state index in [-0.39, 0.29) is 5.75 Å². The molecule has 0 saturated heterocycles. The van der Waals surface area contributed by atoms with Gasteiger partial charge in [0.2, 0.25) is 5.54 Å². The third-order valence-corrected chi connectivity index (χ3v) is 5.54. The minimum atomic E-state index is -1.32. The van der Waals surface area contributed by atoms with Crippen LogP contribution in [0.25, 0.3) is 0 Å². The van der Waals surface area contributed by atoms with E-state index in [0.717, 1.165) is 11.1 Å². The van der Waals surface area contributed by atoms with Gasteiger partial charge >= 0.3 is 5.97 Å². The zero-order valence-electron chi connectivity index (χ0n) is 17.0. The third-order valence-electron chi connectivity index (χ3n) is 5.54. The number of aromatic hydroxyl groups is 1. The van der Waals surface area contributed by atoms with Gasteiger partial charge in [0, 0.05) is 12.1 Å². The van der Waals surface area contributed by atoms with Crippen LogP contribution in [0.4, 0.5) is 0 Å². The number of carbonyl (C=O) groups is 1. The summed E-state index contributed by atoms with van der Waals surface area (Å²) in [5, 5.41) is 10.8. The van der Waals surface area contributed by atoms with Crippen molar-refractivity contribution in [1.29, 1.82) is 0 Å². The summed E-state index contributed by atoms with van der Waals surface area (Å²) in [4.78, 5) is 20.0. The Morgan fingerprint density at radius 1 is 1.07 bits per heavy atom. The highest BCUT2D eigenvalue weighted by Gasteiger charge is 2.55. The van der Waals surface area contributed by atoms with Crippen molar-refractivity contribution in [1.82, 2.24) is 4.90 Å². The molecule has 0 saturated carbocycles. The number of benzene rings is 3. The first-order chi connectivity index (χ1) is 14.6. The third kappa shape index (κ3) is 3.32. The number of hydrogen-bond acceptors (Lipinski definition) is 5. The van der Waals surface area contributed by atoms with Crippen LogP contribution in [0.15, 0.2) is 83.9 Å². The van der Waals surface area contributed by atoms with E-state index in [0.29, 0.717) is 17.7 Å². The van der Waals surface area contributed by atoms with Gasteiger partial charge in [0.05, 0.1) is 19.5 Å². The molecule has 0 spiro atoms.